The number of ketones is 1. The molecular formula is C10H9IO2. The topological polar surface area (TPSA) is 26.3 Å². The molecule has 0 amide bonds. The molecule has 0 spiro atoms. The van der Waals surface area contributed by atoms with Crippen molar-refractivity contribution in [3.8, 4) is 5.75 Å². The Hall–Kier alpha value is -0.580. The first-order chi connectivity index (χ1) is 6.16. The summed E-state index contributed by atoms with van der Waals surface area (Å²) in [4.78, 5) is 11.1. The van der Waals surface area contributed by atoms with Gasteiger partial charge in [0, 0.05) is 9.99 Å². The Morgan fingerprint density at radius 3 is 3.08 bits per heavy atom. The number of benzene rings is 1. The molecule has 1 aromatic rings. The van der Waals surface area contributed by atoms with E-state index in [2.05, 4.69) is 28.7 Å². The zero-order valence-electron chi connectivity index (χ0n) is 7.21. The van der Waals surface area contributed by atoms with E-state index < -0.39 is 0 Å². The van der Waals surface area contributed by atoms with Gasteiger partial charge in [0.2, 0.25) is 0 Å². The summed E-state index contributed by atoms with van der Waals surface area (Å²) in [5.41, 5.74) is 1.15. The first kappa shape index (κ1) is 8.99. The van der Waals surface area contributed by atoms with Crippen molar-refractivity contribution in [3.05, 3.63) is 27.3 Å². The van der Waals surface area contributed by atoms with Gasteiger partial charge in [-0.25, -0.2) is 0 Å². The second-order valence-electron chi connectivity index (χ2n) is 3.17. The summed E-state index contributed by atoms with van der Waals surface area (Å²) in [6.07, 6.45) is 0.467. The number of hydrogen-bond acceptors (Lipinski definition) is 2. The zero-order chi connectivity index (χ0) is 9.42. The first-order valence-electron chi connectivity index (χ1n) is 4.12. The third-order valence-electron chi connectivity index (χ3n) is 2.15. The number of rotatable bonds is 1. The van der Waals surface area contributed by atoms with E-state index in [0.29, 0.717) is 0 Å². The summed E-state index contributed by atoms with van der Waals surface area (Å²) in [5, 5.41) is 0. The summed E-state index contributed by atoms with van der Waals surface area (Å²) in [6.45, 7) is 1.57. The molecule has 68 valence electrons. The Labute approximate surface area is 90.4 Å². The van der Waals surface area contributed by atoms with E-state index in [4.69, 9.17) is 4.74 Å². The number of hydrogen-bond donors (Lipinski definition) is 0. The molecule has 1 aliphatic rings. The van der Waals surface area contributed by atoms with E-state index in [1.165, 1.54) is 3.57 Å². The van der Waals surface area contributed by atoms with E-state index in [-0.39, 0.29) is 11.9 Å². The van der Waals surface area contributed by atoms with Crippen LogP contribution >= 0.6 is 22.6 Å². The lowest BCUT2D eigenvalue weighted by Crippen LogP contribution is -2.21. The largest absolute Gasteiger partial charge is 0.482 e. The minimum Gasteiger partial charge on any atom is -0.482 e. The van der Waals surface area contributed by atoms with Crippen molar-refractivity contribution < 1.29 is 9.53 Å². The Bertz CT molecular complexity index is 360. The molecule has 2 rings (SSSR count). The minimum absolute atomic E-state index is 0.103. The van der Waals surface area contributed by atoms with Gasteiger partial charge in [0.1, 0.15) is 5.75 Å². The van der Waals surface area contributed by atoms with Gasteiger partial charge in [0.25, 0.3) is 0 Å². The molecular weight excluding hydrogens is 279 g/mol. The Morgan fingerprint density at radius 1 is 1.62 bits per heavy atom. The number of Topliss-reactive ketones (excluding diaryl/α,β-unsaturated/α-hetero) is 1. The summed E-state index contributed by atoms with van der Waals surface area (Å²) in [7, 11) is 0. The quantitative estimate of drug-likeness (QED) is 0.740. The SMILES string of the molecule is CC(=O)C1Cc2cc(I)ccc2O1. The maximum atomic E-state index is 11.1. The first-order valence-corrected chi connectivity index (χ1v) is 5.20. The van der Waals surface area contributed by atoms with Crippen LogP contribution in [0.4, 0.5) is 0 Å². The number of fused-ring (bicyclic) bond motifs is 1. The molecule has 3 heteroatoms. The van der Waals surface area contributed by atoms with Crippen molar-refractivity contribution in [2.45, 2.75) is 19.4 Å². The third-order valence-corrected chi connectivity index (χ3v) is 2.82. The van der Waals surface area contributed by atoms with Crippen molar-refractivity contribution in [1.29, 1.82) is 0 Å². The number of ether oxygens (including phenoxy) is 1. The highest BCUT2D eigenvalue weighted by Crippen LogP contribution is 2.30. The molecule has 0 radical (unpaired) electrons. The molecule has 0 fully saturated rings. The highest BCUT2D eigenvalue weighted by molar-refractivity contribution is 14.1. The molecule has 0 aromatic heterocycles. The molecule has 1 atom stereocenters. The molecule has 1 heterocycles. The maximum Gasteiger partial charge on any atom is 0.170 e. The highest BCUT2D eigenvalue weighted by atomic mass is 127. The average molecular weight is 288 g/mol. The van der Waals surface area contributed by atoms with Crippen LogP contribution in [0.3, 0.4) is 0 Å². The van der Waals surface area contributed by atoms with Gasteiger partial charge in [0.05, 0.1) is 0 Å². The maximum absolute atomic E-state index is 11.1. The molecule has 0 saturated heterocycles. The van der Waals surface area contributed by atoms with Gasteiger partial charge in [0.15, 0.2) is 11.9 Å². The summed E-state index contributed by atoms with van der Waals surface area (Å²) in [6, 6.07) is 5.99. The lowest BCUT2D eigenvalue weighted by molar-refractivity contribution is -0.122. The fourth-order valence-corrected chi connectivity index (χ4v) is 2.00. The van der Waals surface area contributed by atoms with E-state index in [9.17, 15) is 4.79 Å². The number of halogens is 1. The molecule has 2 nitrogen and oxygen atoms in total. The van der Waals surface area contributed by atoms with Crippen LogP contribution in [0.15, 0.2) is 18.2 Å². The van der Waals surface area contributed by atoms with Crippen LogP contribution in [0.1, 0.15) is 12.5 Å². The molecule has 0 saturated carbocycles. The summed E-state index contributed by atoms with van der Waals surface area (Å²) < 4.78 is 6.65. The predicted octanol–water partition coefficient (Wildman–Crippen LogP) is 2.18. The van der Waals surface area contributed by atoms with Crippen LogP contribution in [0.25, 0.3) is 0 Å². The lowest BCUT2D eigenvalue weighted by Gasteiger charge is -2.04. The second kappa shape index (κ2) is 3.29. The molecule has 0 bridgehead atoms. The van der Waals surface area contributed by atoms with Crippen molar-refractivity contribution in [3.63, 3.8) is 0 Å². The molecule has 1 aromatic carbocycles. The molecule has 0 N–H and O–H groups in total. The van der Waals surface area contributed by atoms with Gasteiger partial charge in [-0.1, -0.05) is 0 Å². The van der Waals surface area contributed by atoms with Crippen LogP contribution in [-0.4, -0.2) is 11.9 Å². The van der Waals surface area contributed by atoms with Gasteiger partial charge < -0.3 is 4.74 Å². The molecule has 1 aliphatic heterocycles. The van der Waals surface area contributed by atoms with Crippen LogP contribution in [0, 0.1) is 3.57 Å². The van der Waals surface area contributed by atoms with Crippen molar-refractivity contribution in [2.24, 2.45) is 0 Å². The van der Waals surface area contributed by atoms with E-state index in [1.54, 1.807) is 6.92 Å². The minimum atomic E-state index is -0.256. The normalized spacial score (nSPS) is 19.4. The fraction of sp³-hybridized carbons (Fsp3) is 0.300. The van der Waals surface area contributed by atoms with Gasteiger partial charge in [-0.3, -0.25) is 4.79 Å². The zero-order valence-corrected chi connectivity index (χ0v) is 9.37. The van der Waals surface area contributed by atoms with Gasteiger partial charge in [-0.2, -0.15) is 0 Å². The van der Waals surface area contributed by atoms with Crippen LogP contribution in [0.5, 0.6) is 5.75 Å². The third kappa shape index (κ3) is 1.70. The standard InChI is InChI=1S/C10H9IO2/c1-6(12)10-5-7-4-8(11)2-3-9(7)13-10/h2-4,10H,5H2,1H3. The van der Waals surface area contributed by atoms with Crippen molar-refractivity contribution >= 4 is 28.4 Å². The molecule has 0 aliphatic carbocycles. The van der Waals surface area contributed by atoms with E-state index in [1.807, 2.05) is 12.1 Å². The van der Waals surface area contributed by atoms with Gasteiger partial charge >= 0.3 is 0 Å². The van der Waals surface area contributed by atoms with Crippen molar-refractivity contribution in [2.75, 3.05) is 0 Å². The lowest BCUT2D eigenvalue weighted by atomic mass is 10.1. The fourth-order valence-electron chi connectivity index (χ4n) is 1.44. The Morgan fingerprint density at radius 2 is 2.38 bits per heavy atom. The molecule has 1 unspecified atom stereocenters. The van der Waals surface area contributed by atoms with E-state index >= 15 is 0 Å². The highest BCUT2D eigenvalue weighted by Gasteiger charge is 2.25. The van der Waals surface area contributed by atoms with Crippen LogP contribution < -0.4 is 4.74 Å². The van der Waals surface area contributed by atoms with Crippen molar-refractivity contribution in [1.82, 2.24) is 0 Å². The summed E-state index contributed by atoms with van der Waals surface area (Å²) >= 11 is 2.26. The predicted molar refractivity (Wildman–Crippen MR) is 58.0 cm³/mol. The van der Waals surface area contributed by atoms with Gasteiger partial charge in [-0.15, -0.1) is 0 Å². The number of carbonyl (C=O) groups is 1. The van der Waals surface area contributed by atoms with Crippen LogP contribution in [-0.2, 0) is 11.2 Å². The smallest absolute Gasteiger partial charge is 0.170 e. The Kier molecular flexibility index (Phi) is 2.27. The molecule has 13 heavy (non-hydrogen) atoms. The Balaban J connectivity index is 2.30. The second-order valence-corrected chi connectivity index (χ2v) is 4.42. The van der Waals surface area contributed by atoms with Gasteiger partial charge in [-0.05, 0) is 53.3 Å². The summed E-state index contributed by atoms with van der Waals surface area (Å²) in [5.74, 6) is 0.965. The number of carbonyl (C=O) groups excluding carboxylic acids is 1. The van der Waals surface area contributed by atoms with Crippen LogP contribution in [0.2, 0.25) is 0 Å². The monoisotopic (exact) mass is 288 g/mol. The van der Waals surface area contributed by atoms with E-state index in [0.717, 1.165) is 17.7 Å². The average Bonchev–Trinajstić information content (AvgIpc) is 2.46.